The minimum absolute atomic E-state index is 0.173. The average Bonchev–Trinajstić information content (AvgIpc) is 2.22. The Morgan fingerprint density at radius 1 is 1.12 bits per heavy atom. The lowest BCUT2D eigenvalue weighted by Gasteiger charge is -2.36. The first-order chi connectivity index (χ1) is 7.68. The maximum atomic E-state index is 6.46. The fourth-order valence-corrected chi connectivity index (χ4v) is 3.13. The predicted octanol–water partition coefficient (Wildman–Crippen LogP) is 2.77. The maximum absolute atomic E-state index is 6.46. The molecule has 0 heterocycles. The van der Waals surface area contributed by atoms with E-state index in [2.05, 4.69) is 11.9 Å². The quantitative estimate of drug-likeness (QED) is 0.778. The zero-order valence-corrected chi connectivity index (χ0v) is 10.9. The zero-order valence-electron chi connectivity index (χ0n) is 10.9. The molecule has 2 N–H and O–H groups in total. The number of nitrogens with zero attached hydrogens (tertiary/aromatic N) is 1. The van der Waals surface area contributed by atoms with Crippen LogP contribution in [0.3, 0.4) is 0 Å². The van der Waals surface area contributed by atoms with Crippen molar-refractivity contribution in [3.8, 4) is 0 Å². The predicted molar refractivity (Wildman–Crippen MR) is 69.5 cm³/mol. The van der Waals surface area contributed by atoms with Crippen LogP contribution in [0.1, 0.15) is 57.8 Å². The number of hydrogen-bond acceptors (Lipinski definition) is 2. The molecule has 0 radical (unpaired) electrons. The molecule has 0 aromatic heterocycles. The summed E-state index contributed by atoms with van der Waals surface area (Å²) in [6, 6.07) is 0. The number of nitrogens with two attached hydrogens (primary N) is 1. The fourth-order valence-electron chi connectivity index (χ4n) is 3.13. The molecule has 0 aromatic rings. The first kappa shape index (κ1) is 12.4. The lowest BCUT2D eigenvalue weighted by Crippen LogP contribution is -2.44. The summed E-state index contributed by atoms with van der Waals surface area (Å²) in [6.07, 6.45) is 12.2. The van der Waals surface area contributed by atoms with Gasteiger partial charge in [-0.1, -0.05) is 25.7 Å². The molecule has 0 saturated heterocycles. The molecule has 94 valence electrons. The summed E-state index contributed by atoms with van der Waals surface area (Å²) in [4.78, 5) is 2.51. The first-order valence-corrected chi connectivity index (χ1v) is 7.15. The lowest BCUT2D eigenvalue weighted by atomic mass is 9.80. The van der Waals surface area contributed by atoms with E-state index in [4.69, 9.17) is 5.73 Å². The van der Waals surface area contributed by atoms with Crippen molar-refractivity contribution in [2.75, 3.05) is 20.1 Å². The highest BCUT2D eigenvalue weighted by molar-refractivity contribution is 4.88. The third-order valence-electron chi connectivity index (χ3n) is 4.64. The second kappa shape index (κ2) is 5.50. The van der Waals surface area contributed by atoms with Crippen LogP contribution < -0.4 is 5.73 Å². The van der Waals surface area contributed by atoms with E-state index < -0.39 is 0 Å². The minimum Gasteiger partial charge on any atom is -0.325 e. The molecule has 2 fully saturated rings. The van der Waals surface area contributed by atoms with Gasteiger partial charge in [0.25, 0.3) is 0 Å². The monoisotopic (exact) mass is 224 g/mol. The SMILES string of the molecule is CN(CCC1(N)CCCCC1)CC1CCC1. The van der Waals surface area contributed by atoms with Gasteiger partial charge < -0.3 is 10.6 Å². The van der Waals surface area contributed by atoms with E-state index in [1.165, 1.54) is 70.9 Å². The summed E-state index contributed by atoms with van der Waals surface area (Å²) in [5, 5.41) is 0. The molecular formula is C14H28N2. The van der Waals surface area contributed by atoms with Crippen molar-refractivity contribution in [2.45, 2.75) is 63.3 Å². The summed E-state index contributed by atoms with van der Waals surface area (Å²) in [5.41, 5.74) is 6.63. The lowest BCUT2D eigenvalue weighted by molar-refractivity contribution is 0.179. The van der Waals surface area contributed by atoms with Crippen molar-refractivity contribution >= 4 is 0 Å². The molecule has 0 spiro atoms. The van der Waals surface area contributed by atoms with Crippen molar-refractivity contribution in [3.63, 3.8) is 0 Å². The molecule has 2 heteroatoms. The highest BCUT2D eigenvalue weighted by Gasteiger charge is 2.27. The van der Waals surface area contributed by atoms with Gasteiger partial charge in [-0.05, 0) is 51.6 Å². The molecule has 2 aliphatic carbocycles. The Morgan fingerprint density at radius 3 is 2.38 bits per heavy atom. The van der Waals surface area contributed by atoms with Crippen LogP contribution in [-0.2, 0) is 0 Å². The second-order valence-electron chi connectivity index (χ2n) is 6.23. The molecule has 16 heavy (non-hydrogen) atoms. The smallest absolute Gasteiger partial charge is 0.0166 e. The zero-order chi connectivity index (χ0) is 11.4. The molecule has 2 saturated carbocycles. The fraction of sp³-hybridized carbons (Fsp3) is 1.00. The average molecular weight is 224 g/mol. The van der Waals surface area contributed by atoms with Gasteiger partial charge in [-0.2, -0.15) is 0 Å². The van der Waals surface area contributed by atoms with Crippen LogP contribution in [0.15, 0.2) is 0 Å². The topological polar surface area (TPSA) is 29.3 Å². The van der Waals surface area contributed by atoms with E-state index >= 15 is 0 Å². The molecule has 2 nitrogen and oxygen atoms in total. The van der Waals surface area contributed by atoms with Crippen molar-refractivity contribution < 1.29 is 0 Å². The Morgan fingerprint density at radius 2 is 1.81 bits per heavy atom. The molecule has 0 bridgehead atoms. The van der Waals surface area contributed by atoms with Crippen molar-refractivity contribution in [3.05, 3.63) is 0 Å². The Balaban J connectivity index is 1.64. The van der Waals surface area contributed by atoms with Gasteiger partial charge in [0, 0.05) is 12.1 Å². The van der Waals surface area contributed by atoms with E-state index in [0.717, 1.165) is 5.92 Å². The summed E-state index contributed by atoms with van der Waals surface area (Å²) < 4.78 is 0. The summed E-state index contributed by atoms with van der Waals surface area (Å²) in [5.74, 6) is 0.991. The van der Waals surface area contributed by atoms with Crippen LogP contribution in [0.4, 0.5) is 0 Å². The van der Waals surface area contributed by atoms with E-state index in [-0.39, 0.29) is 5.54 Å². The summed E-state index contributed by atoms with van der Waals surface area (Å²) >= 11 is 0. The van der Waals surface area contributed by atoms with Gasteiger partial charge in [0.05, 0.1) is 0 Å². The molecular weight excluding hydrogens is 196 g/mol. The molecule has 0 unspecified atom stereocenters. The van der Waals surface area contributed by atoms with E-state index in [0.29, 0.717) is 0 Å². The third-order valence-corrected chi connectivity index (χ3v) is 4.64. The molecule has 0 amide bonds. The van der Waals surface area contributed by atoms with Crippen LogP contribution >= 0.6 is 0 Å². The highest BCUT2D eigenvalue weighted by Crippen LogP contribution is 2.30. The number of hydrogen-bond donors (Lipinski definition) is 1. The Labute approximate surface area is 101 Å². The Hall–Kier alpha value is -0.0800. The standard InChI is InChI=1S/C14H28N2/c1-16(12-13-6-5-7-13)11-10-14(15)8-3-2-4-9-14/h13H,2-12,15H2,1H3. The van der Waals surface area contributed by atoms with Crippen LogP contribution in [0.2, 0.25) is 0 Å². The van der Waals surface area contributed by atoms with Crippen LogP contribution in [0.5, 0.6) is 0 Å². The van der Waals surface area contributed by atoms with Gasteiger partial charge in [0.1, 0.15) is 0 Å². The summed E-state index contributed by atoms with van der Waals surface area (Å²) in [7, 11) is 2.27. The third kappa shape index (κ3) is 3.46. The van der Waals surface area contributed by atoms with Crippen LogP contribution in [-0.4, -0.2) is 30.6 Å². The number of rotatable bonds is 5. The van der Waals surface area contributed by atoms with Gasteiger partial charge in [0.15, 0.2) is 0 Å². The van der Waals surface area contributed by atoms with E-state index in [1.54, 1.807) is 0 Å². The minimum atomic E-state index is 0.173. The Bertz CT molecular complexity index is 205. The summed E-state index contributed by atoms with van der Waals surface area (Å²) in [6.45, 7) is 2.50. The van der Waals surface area contributed by atoms with Gasteiger partial charge in [-0.3, -0.25) is 0 Å². The Kier molecular flexibility index (Phi) is 4.26. The maximum Gasteiger partial charge on any atom is 0.0166 e. The molecule has 2 aliphatic rings. The molecule has 2 rings (SSSR count). The molecule has 0 atom stereocenters. The van der Waals surface area contributed by atoms with Crippen LogP contribution in [0.25, 0.3) is 0 Å². The van der Waals surface area contributed by atoms with Gasteiger partial charge in [0.2, 0.25) is 0 Å². The van der Waals surface area contributed by atoms with Gasteiger partial charge in [-0.25, -0.2) is 0 Å². The molecule has 0 aliphatic heterocycles. The van der Waals surface area contributed by atoms with Crippen molar-refractivity contribution in [1.29, 1.82) is 0 Å². The second-order valence-corrected chi connectivity index (χ2v) is 6.23. The highest BCUT2D eigenvalue weighted by atomic mass is 15.1. The normalized spacial score (nSPS) is 25.7. The van der Waals surface area contributed by atoms with Crippen molar-refractivity contribution in [1.82, 2.24) is 4.90 Å². The first-order valence-electron chi connectivity index (χ1n) is 7.15. The van der Waals surface area contributed by atoms with Crippen LogP contribution in [0, 0.1) is 5.92 Å². The molecule has 0 aromatic carbocycles. The largest absolute Gasteiger partial charge is 0.325 e. The van der Waals surface area contributed by atoms with Crippen molar-refractivity contribution in [2.24, 2.45) is 11.7 Å². The van der Waals surface area contributed by atoms with Gasteiger partial charge in [-0.15, -0.1) is 0 Å². The van der Waals surface area contributed by atoms with Gasteiger partial charge >= 0.3 is 0 Å². The van der Waals surface area contributed by atoms with E-state index in [1.807, 2.05) is 0 Å². The van der Waals surface area contributed by atoms with E-state index in [9.17, 15) is 0 Å².